The highest BCUT2D eigenvalue weighted by molar-refractivity contribution is 6.74. The van der Waals surface area contributed by atoms with Gasteiger partial charge in [0.1, 0.15) is 5.82 Å². The SMILES string of the molecule is CC(C)(O[Si](C)(C)C(C)(C)C)c1cccc(-c2ccc(N)nc2)c1. The second-order valence-corrected chi connectivity index (χ2v) is 13.1. The van der Waals surface area contributed by atoms with Crippen molar-refractivity contribution in [3.05, 3.63) is 48.2 Å². The van der Waals surface area contributed by atoms with Crippen LogP contribution in [0.4, 0.5) is 5.82 Å². The van der Waals surface area contributed by atoms with E-state index in [0.29, 0.717) is 5.82 Å². The van der Waals surface area contributed by atoms with E-state index in [2.05, 4.69) is 77.0 Å². The van der Waals surface area contributed by atoms with Crippen LogP contribution in [0.3, 0.4) is 0 Å². The molecule has 0 spiro atoms. The number of hydrogen-bond donors (Lipinski definition) is 1. The number of benzene rings is 1. The lowest BCUT2D eigenvalue weighted by Gasteiger charge is -2.43. The van der Waals surface area contributed by atoms with E-state index in [1.165, 1.54) is 5.56 Å². The van der Waals surface area contributed by atoms with E-state index >= 15 is 0 Å². The third-order valence-electron chi connectivity index (χ3n) is 4.99. The number of nitrogen functional groups attached to an aromatic ring is 1. The molecule has 0 fully saturated rings. The lowest BCUT2D eigenvalue weighted by Crippen LogP contribution is -2.46. The van der Waals surface area contributed by atoms with E-state index in [0.717, 1.165) is 11.1 Å². The van der Waals surface area contributed by atoms with Crippen LogP contribution in [-0.4, -0.2) is 13.3 Å². The van der Waals surface area contributed by atoms with Gasteiger partial charge in [0.15, 0.2) is 8.32 Å². The van der Waals surface area contributed by atoms with E-state index in [-0.39, 0.29) is 10.6 Å². The Balaban J connectivity index is 2.34. The minimum Gasteiger partial charge on any atom is -0.408 e. The Morgan fingerprint density at radius 1 is 0.958 bits per heavy atom. The van der Waals surface area contributed by atoms with Gasteiger partial charge in [-0.25, -0.2) is 4.98 Å². The van der Waals surface area contributed by atoms with Crippen LogP contribution >= 0.6 is 0 Å². The van der Waals surface area contributed by atoms with Gasteiger partial charge in [-0.15, -0.1) is 0 Å². The van der Waals surface area contributed by atoms with Gasteiger partial charge in [0.05, 0.1) is 5.60 Å². The third-order valence-corrected chi connectivity index (χ3v) is 9.63. The lowest BCUT2D eigenvalue weighted by molar-refractivity contribution is 0.0902. The fourth-order valence-electron chi connectivity index (χ4n) is 2.50. The predicted molar refractivity (Wildman–Crippen MR) is 105 cm³/mol. The first-order valence-electron chi connectivity index (χ1n) is 8.45. The Morgan fingerprint density at radius 3 is 2.17 bits per heavy atom. The molecular formula is C20H30N2OSi. The molecule has 0 atom stereocenters. The van der Waals surface area contributed by atoms with E-state index in [9.17, 15) is 0 Å². The molecule has 2 rings (SSSR count). The van der Waals surface area contributed by atoms with Crippen LogP contribution in [0.5, 0.6) is 0 Å². The molecule has 0 aliphatic rings. The standard InChI is InChI=1S/C20H30N2OSi/c1-19(2,3)24(6,7)23-20(4,5)17-10-8-9-15(13-17)16-11-12-18(21)22-14-16/h8-14H,1-7H3,(H2,21,22). The Kier molecular flexibility index (Phi) is 4.93. The molecule has 0 saturated carbocycles. The van der Waals surface area contributed by atoms with Gasteiger partial charge in [0, 0.05) is 11.8 Å². The Morgan fingerprint density at radius 2 is 1.62 bits per heavy atom. The summed E-state index contributed by atoms with van der Waals surface area (Å²) in [6, 6.07) is 12.3. The summed E-state index contributed by atoms with van der Waals surface area (Å²) >= 11 is 0. The predicted octanol–water partition coefficient (Wildman–Crippen LogP) is 5.59. The molecule has 1 aromatic heterocycles. The summed E-state index contributed by atoms with van der Waals surface area (Å²) in [4.78, 5) is 4.19. The van der Waals surface area contributed by atoms with Gasteiger partial charge in [0.25, 0.3) is 0 Å². The molecule has 0 radical (unpaired) electrons. The molecular weight excluding hydrogens is 312 g/mol. The topological polar surface area (TPSA) is 48.1 Å². The molecule has 0 bridgehead atoms. The summed E-state index contributed by atoms with van der Waals surface area (Å²) < 4.78 is 6.69. The first-order valence-corrected chi connectivity index (χ1v) is 11.4. The van der Waals surface area contributed by atoms with Crippen LogP contribution in [-0.2, 0) is 10.0 Å². The second kappa shape index (κ2) is 6.34. The Bertz CT molecular complexity index is 700. The average Bonchev–Trinajstić information content (AvgIpc) is 2.46. The highest BCUT2D eigenvalue weighted by Gasteiger charge is 2.41. The van der Waals surface area contributed by atoms with Gasteiger partial charge in [-0.3, -0.25) is 0 Å². The van der Waals surface area contributed by atoms with Crippen molar-refractivity contribution >= 4 is 14.1 Å². The monoisotopic (exact) mass is 342 g/mol. The summed E-state index contributed by atoms with van der Waals surface area (Å²) in [5.74, 6) is 0.538. The van der Waals surface area contributed by atoms with Crippen LogP contribution in [0.1, 0.15) is 40.2 Å². The maximum atomic E-state index is 6.69. The number of pyridine rings is 1. The summed E-state index contributed by atoms with van der Waals surface area (Å²) in [5.41, 5.74) is 8.73. The van der Waals surface area contributed by atoms with Crippen molar-refractivity contribution in [2.75, 3.05) is 5.73 Å². The molecule has 0 unspecified atom stereocenters. The largest absolute Gasteiger partial charge is 0.408 e. The third kappa shape index (κ3) is 4.05. The number of hydrogen-bond acceptors (Lipinski definition) is 3. The Labute approximate surface area is 147 Å². The van der Waals surface area contributed by atoms with Gasteiger partial charge in [0.2, 0.25) is 0 Å². The number of anilines is 1. The van der Waals surface area contributed by atoms with Crippen molar-refractivity contribution in [2.45, 2.75) is 58.4 Å². The molecule has 2 aromatic rings. The summed E-state index contributed by atoms with van der Waals surface area (Å²) in [6.45, 7) is 15.7. The molecule has 4 heteroatoms. The van der Waals surface area contributed by atoms with E-state index in [4.69, 9.17) is 10.2 Å². The van der Waals surface area contributed by atoms with Crippen molar-refractivity contribution in [3.63, 3.8) is 0 Å². The highest BCUT2D eigenvalue weighted by Crippen LogP contribution is 2.42. The van der Waals surface area contributed by atoms with Crippen molar-refractivity contribution in [3.8, 4) is 11.1 Å². The number of rotatable bonds is 4. The molecule has 24 heavy (non-hydrogen) atoms. The molecule has 0 amide bonds. The van der Waals surface area contributed by atoms with E-state index < -0.39 is 8.32 Å². The van der Waals surface area contributed by atoms with E-state index in [1.54, 1.807) is 0 Å². The first-order chi connectivity index (χ1) is 10.9. The van der Waals surface area contributed by atoms with Crippen molar-refractivity contribution in [2.24, 2.45) is 0 Å². The van der Waals surface area contributed by atoms with Gasteiger partial charge in [-0.1, -0.05) is 39.0 Å². The molecule has 0 saturated heterocycles. The zero-order chi connectivity index (χ0) is 18.2. The van der Waals surface area contributed by atoms with Crippen LogP contribution in [0.2, 0.25) is 18.1 Å². The molecule has 1 aromatic carbocycles. The minimum absolute atomic E-state index is 0.183. The second-order valence-electron chi connectivity index (χ2n) is 8.43. The van der Waals surface area contributed by atoms with Gasteiger partial charge >= 0.3 is 0 Å². The molecule has 0 aliphatic heterocycles. The van der Waals surface area contributed by atoms with Crippen molar-refractivity contribution in [1.82, 2.24) is 4.98 Å². The molecule has 2 N–H and O–H groups in total. The van der Waals surface area contributed by atoms with E-state index in [1.807, 2.05) is 18.3 Å². The molecule has 130 valence electrons. The first kappa shape index (κ1) is 18.7. The fourth-order valence-corrected chi connectivity index (χ4v) is 4.20. The maximum absolute atomic E-state index is 6.69. The zero-order valence-corrected chi connectivity index (χ0v) is 17.0. The zero-order valence-electron chi connectivity index (χ0n) is 16.0. The molecule has 1 heterocycles. The summed E-state index contributed by atoms with van der Waals surface area (Å²) in [7, 11) is -1.86. The van der Waals surface area contributed by atoms with Gasteiger partial charge in [-0.2, -0.15) is 0 Å². The number of nitrogens with two attached hydrogens (primary N) is 1. The Hall–Kier alpha value is -1.65. The normalized spacial score (nSPS) is 13.1. The quantitative estimate of drug-likeness (QED) is 0.737. The maximum Gasteiger partial charge on any atom is 0.193 e. The van der Waals surface area contributed by atoms with Gasteiger partial charge in [-0.05, 0) is 61.3 Å². The van der Waals surface area contributed by atoms with Crippen LogP contribution < -0.4 is 5.73 Å². The number of nitrogens with zero attached hydrogens (tertiary/aromatic N) is 1. The van der Waals surface area contributed by atoms with Crippen LogP contribution in [0.15, 0.2) is 42.6 Å². The molecule has 3 nitrogen and oxygen atoms in total. The summed E-state index contributed by atoms with van der Waals surface area (Å²) in [6.07, 6.45) is 1.82. The number of aromatic nitrogens is 1. The van der Waals surface area contributed by atoms with Crippen molar-refractivity contribution < 1.29 is 4.43 Å². The summed E-state index contributed by atoms with van der Waals surface area (Å²) in [5, 5.41) is 0.183. The lowest BCUT2D eigenvalue weighted by atomic mass is 9.95. The smallest absolute Gasteiger partial charge is 0.193 e. The highest BCUT2D eigenvalue weighted by atomic mass is 28.4. The fraction of sp³-hybridized carbons (Fsp3) is 0.450. The average molecular weight is 343 g/mol. The van der Waals surface area contributed by atoms with Crippen LogP contribution in [0, 0.1) is 0 Å². The van der Waals surface area contributed by atoms with Gasteiger partial charge < -0.3 is 10.2 Å². The van der Waals surface area contributed by atoms with Crippen molar-refractivity contribution in [1.29, 1.82) is 0 Å². The minimum atomic E-state index is -1.86. The molecule has 0 aliphatic carbocycles. The van der Waals surface area contributed by atoms with Crippen LogP contribution in [0.25, 0.3) is 11.1 Å².